The maximum Gasteiger partial charge on any atom is 0.224 e. The molecule has 0 amide bonds. The van der Waals surface area contributed by atoms with E-state index in [9.17, 15) is 4.79 Å². The van der Waals surface area contributed by atoms with Crippen LogP contribution in [0.5, 0.6) is 0 Å². The standard InChI is InChI=1S/C8H13ClO3/c1-6(8(9)10)5-7-11-3-2-4-12-7/h6-7H,2-5H2,1H3. The summed E-state index contributed by atoms with van der Waals surface area (Å²) < 4.78 is 10.5. The van der Waals surface area contributed by atoms with Crippen LogP contribution in [0.1, 0.15) is 19.8 Å². The summed E-state index contributed by atoms with van der Waals surface area (Å²) in [5, 5.41) is -0.326. The van der Waals surface area contributed by atoms with E-state index in [-0.39, 0.29) is 17.5 Å². The second kappa shape index (κ2) is 4.80. The molecule has 1 saturated heterocycles. The molecule has 0 radical (unpaired) electrons. The van der Waals surface area contributed by atoms with Gasteiger partial charge in [0.2, 0.25) is 5.24 Å². The zero-order valence-corrected chi connectivity index (χ0v) is 7.84. The minimum absolute atomic E-state index is 0.185. The summed E-state index contributed by atoms with van der Waals surface area (Å²) in [7, 11) is 0. The molecule has 3 nitrogen and oxygen atoms in total. The summed E-state index contributed by atoms with van der Waals surface area (Å²) in [5.74, 6) is -0.185. The first kappa shape index (κ1) is 9.96. The molecular formula is C8H13ClO3. The number of carbonyl (C=O) groups excluding carboxylic acids is 1. The third kappa shape index (κ3) is 3.09. The van der Waals surface area contributed by atoms with Crippen LogP contribution in [0.4, 0.5) is 0 Å². The van der Waals surface area contributed by atoms with Crippen molar-refractivity contribution in [1.29, 1.82) is 0 Å². The van der Waals surface area contributed by atoms with Gasteiger partial charge in [-0.3, -0.25) is 4.79 Å². The van der Waals surface area contributed by atoms with Gasteiger partial charge in [0, 0.05) is 12.3 Å². The molecule has 1 atom stereocenters. The smallest absolute Gasteiger partial charge is 0.224 e. The van der Waals surface area contributed by atoms with E-state index in [0.29, 0.717) is 19.6 Å². The summed E-state index contributed by atoms with van der Waals surface area (Å²) >= 11 is 5.30. The molecule has 0 aliphatic carbocycles. The molecule has 0 bridgehead atoms. The van der Waals surface area contributed by atoms with Crippen LogP contribution >= 0.6 is 11.6 Å². The highest BCUT2D eigenvalue weighted by molar-refractivity contribution is 6.63. The molecule has 1 aliphatic rings. The van der Waals surface area contributed by atoms with Gasteiger partial charge in [0.25, 0.3) is 0 Å². The Hall–Kier alpha value is -0.120. The second-order valence-electron chi connectivity index (χ2n) is 2.97. The third-order valence-corrected chi connectivity index (χ3v) is 2.20. The van der Waals surface area contributed by atoms with Gasteiger partial charge in [-0.25, -0.2) is 0 Å². The van der Waals surface area contributed by atoms with E-state index in [1.54, 1.807) is 6.92 Å². The van der Waals surface area contributed by atoms with Gasteiger partial charge in [0.1, 0.15) is 0 Å². The molecule has 70 valence electrons. The number of carbonyl (C=O) groups is 1. The average Bonchev–Trinajstić information content (AvgIpc) is 2.06. The molecule has 12 heavy (non-hydrogen) atoms. The van der Waals surface area contributed by atoms with Crippen LogP contribution < -0.4 is 0 Å². The minimum Gasteiger partial charge on any atom is -0.353 e. The normalized spacial score (nSPS) is 22.2. The number of hydrogen-bond acceptors (Lipinski definition) is 3. The second-order valence-corrected chi connectivity index (χ2v) is 3.34. The zero-order chi connectivity index (χ0) is 8.97. The van der Waals surface area contributed by atoms with Gasteiger partial charge in [-0.15, -0.1) is 0 Å². The average molecular weight is 193 g/mol. The Morgan fingerprint density at radius 3 is 2.67 bits per heavy atom. The van der Waals surface area contributed by atoms with Crippen molar-refractivity contribution in [1.82, 2.24) is 0 Å². The largest absolute Gasteiger partial charge is 0.353 e. The van der Waals surface area contributed by atoms with Crippen molar-refractivity contribution in [2.45, 2.75) is 26.1 Å². The SMILES string of the molecule is CC(CC1OCCCO1)C(=O)Cl. The Balaban J connectivity index is 2.24. The van der Waals surface area contributed by atoms with Crippen molar-refractivity contribution in [2.24, 2.45) is 5.92 Å². The quantitative estimate of drug-likeness (QED) is 0.637. The van der Waals surface area contributed by atoms with Crippen LogP contribution in [0.3, 0.4) is 0 Å². The number of hydrogen-bond donors (Lipinski definition) is 0. The molecule has 0 spiro atoms. The molecule has 0 aromatic carbocycles. The summed E-state index contributed by atoms with van der Waals surface area (Å²) in [6.07, 6.45) is 1.25. The molecule has 1 aliphatic heterocycles. The first-order valence-electron chi connectivity index (χ1n) is 4.12. The molecular weight excluding hydrogens is 180 g/mol. The third-order valence-electron chi connectivity index (χ3n) is 1.83. The lowest BCUT2D eigenvalue weighted by atomic mass is 10.1. The Kier molecular flexibility index (Phi) is 3.98. The van der Waals surface area contributed by atoms with Crippen molar-refractivity contribution < 1.29 is 14.3 Å². The molecule has 1 heterocycles. The van der Waals surface area contributed by atoms with Gasteiger partial charge >= 0.3 is 0 Å². The monoisotopic (exact) mass is 192 g/mol. The molecule has 1 unspecified atom stereocenters. The summed E-state index contributed by atoms with van der Waals surface area (Å²) in [6.45, 7) is 3.21. The van der Waals surface area contributed by atoms with Crippen molar-refractivity contribution in [3.8, 4) is 0 Å². The van der Waals surface area contributed by atoms with E-state index in [2.05, 4.69) is 0 Å². The van der Waals surface area contributed by atoms with Crippen LogP contribution in [0.15, 0.2) is 0 Å². The Morgan fingerprint density at radius 1 is 1.58 bits per heavy atom. The fourth-order valence-corrected chi connectivity index (χ4v) is 1.14. The van der Waals surface area contributed by atoms with Crippen molar-refractivity contribution >= 4 is 16.8 Å². The molecule has 1 fully saturated rings. The molecule has 0 N–H and O–H groups in total. The first-order valence-corrected chi connectivity index (χ1v) is 4.50. The Morgan fingerprint density at radius 2 is 2.17 bits per heavy atom. The fourth-order valence-electron chi connectivity index (χ4n) is 1.05. The zero-order valence-electron chi connectivity index (χ0n) is 7.09. The molecule has 1 rings (SSSR count). The predicted octanol–water partition coefficient (Wildman–Crippen LogP) is 1.54. The summed E-state index contributed by atoms with van der Waals surface area (Å²) in [4.78, 5) is 10.7. The van der Waals surface area contributed by atoms with Crippen molar-refractivity contribution in [3.63, 3.8) is 0 Å². The maximum atomic E-state index is 10.7. The van der Waals surface area contributed by atoms with Crippen molar-refractivity contribution in [3.05, 3.63) is 0 Å². The van der Waals surface area contributed by atoms with Crippen LogP contribution in [0, 0.1) is 5.92 Å². The number of rotatable bonds is 3. The lowest BCUT2D eigenvalue weighted by Gasteiger charge is -2.24. The van der Waals surface area contributed by atoms with Gasteiger partial charge in [0.05, 0.1) is 13.2 Å². The van der Waals surface area contributed by atoms with Gasteiger partial charge < -0.3 is 9.47 Å². The predicted molar refractivity (Wildman–Crippen MR) is 45.0 cm³/mol. The molecule has 0 aromatic rings. The van der Waals surface area contributed by atoms with E-state index in [4.69, 9.17) is 21.1 Å². The van der Waals surface area contributed by atoms with E-state index in [1.807, 2.05) is 0 Å². The number of ether oxygens (including phenoxy) is 2. The molecule has 0 aromatic heterocycles. The highest BCUT2D eigenvalue weighted by Gasteiger charge is 2.20. The highest BCUT2D eigenvalue weighted by atomic mass is 35.5. The van der Waals surface area contributed by atoms with Crippen LogP contribution in [-0.4, -0.2) is 24.7 Å². The van der Waals surface area contributed by atoms with Crippen LogP contribution in [0.25, 0.3) is 0 Å². The summed E-state index contributed by atoms with van der Waals surface area (Å²) in [5.41, 5.74) is 0. The van der Waals surface area contributed by atoms with E-state index in [1.165, 1.54) is 0 Å². The highest BCUT2D eigenvalue weighted by Crippen LogP contribution is 2.16. The van der Waals surface area contributed by atoms with Gasteiger partial charge in [-0.2, -0.15) is 0 Å². The van der Waals surface area contributed by atoms with E-state index < -0.39 is 0 Å². The van der Waals surface area contributed by atoms with Crippen molar-refractivity contribution in [2.75, 3.05) is 13.2 Å². The lowest BCUT2D eigenvalue weighted by Crippen LogP contribution is -2.27. The fraction of sp³-hybridized carbons (Fsp3) is 0.875. The first-order chi connectivity index (χ1) is 5.70. The van der Waals surface area contributed by atoms with Gasteiger partial charge in [0.15, 0.2) is 6.29 Å². The minimum atomic E-state index is -0.326. The van der Waals surface area contributed by atoms with E-state index >= 15 is 0 Å². The summed E-state index contributed by atoms with van der Waals surface area (Å²) in [6, 6.07) is 0. The Labute approximate surface area is 77.0 Å². The number of halogens is 1. The van der Waals surface area contributed by atoms with Crippen LogP contribution in [0.2, 0.25) is 0 Å². The molecule has 0 saturated carbocycles. The Bertz CT molecular complexity index is 154. The van der Waals surface area contributed by atoms with Gasteiger partial charge in [-0.05, 0) is 18.0 Å². The molecule has 4 heteroatoms. The van der Waals surface area contributed by atoms with E-state index in [0.717, 1.165) is 6.42 Å². The van der Waals surface area contributed by atoms with Gasteiger partial charge in [-0.1, -0.05) is 6.92 Å². The maximum absolute atomic E-state index is 10.7. The lowest BCUT2D eigenvalue weighted by molar-refractivity contribution is -0.186. The topological polar surface area (TPSA) is 35.5 Å². The van der Waals surface area contributed by atoms with Crippen LogP contribution in [-0.2, 0) is 14.3 Å².